The zero-order valence-corrected chi connectivity index (χ0v) is 16.0. The first-order chi connectivity index (χ1) is 13.1. The molecule has 0 unspecified atom stereocenters. The first-order valence-corrected chi connectivity index (χ1v) is 9.41. The molecule has 3 heterocycles. The van der Waals surface area contributed by atoms with Gasteiger partial charge in [-0.2, -0.15) is 0 Å². The Bertz CT molecular complexity index is 1020. The van der Waals surface area contributed by atoms with Gasteiger partial charge >= 0.3 is 0 Å². The van der Waals surface area contributed by atoms with E-state index in [1.54, 1.807) is 7.11 Å². The number of aliphatic hydroxyl groups excluding tert-OH is 1. The average Bonchev–Trinajstić information content (AvgIpc) is 3.37. The highest BCUT2D eigenvalue weighted by Gasteiger charge is 2.30. The summed E-state index contributed by atoms with van der Waals surface area (Å²) in [6, 6.07) is 11.7. The number of aromatic nitrogens is 2. The van der Waals surface area contributed by atoms with Crippen molar-refractivity contribution in [2.45, 2.75) is 6.54 Å². The minimum Gasteiger partial charge on any atom is -0.510 e. The van der Waals surface area contributed by atoms with E-state index in [0.29, 0.717) is 29.5 Å². The third kappa shape index (κ3) is 3.21. The van der Waals surface area contributed by atoms with Crippen molar-refractivity contribution in [2.75, 3.05) is 13.7 Å². The van der Waals surface area contributed by atoms with Gasteiger partial charge in [0, 0.05) is 29.9 Å². The molecule has 0 spiro atoms. The summed E-state index contributed by atoms with van der Waals surface area (Å²) in [7, 11) is 3.61. The zero-order valence-electron chi connectivity index (χ0n) is 15.1. The smallest absolute Gasteiger partial charge is 0.135 e. The van der Waals surface area contributed by atoms with Crippen molar-refractivity contribution in [1.82, 2.24) is 14.5 Å². The number of ether oxygens (including phenoxy) is 1. The van der Waals surface area contributed by atoms with Gasteiger partial charge in [0.1, 0.15) is 22.4 Å². The summed E-state index contributed by atoms with van der Waals surface area (Å²) in [5, 5.41) is 21.6. The number of nitrogens with zero attached hydrogens (tertiary/aromatic N) is 3. The molecule has 0 fully saturated rings. The largest absolute Gasteiger partial charge is 0.510 e. The molecular weight excluding hydrogens is 360 g/mol. The Morgan fingerprint density at radius 2 is 2.04 bits per heavy atom. The summed E-state index contributed by atoms with van der Waals surface area (Å²) >= 11 is 1.44. The fourth-order valence-corrected chi connectivity index (χ4v) is 4.03. The predicted octanol–water partition coefficient (Wildman–Crippen LogP) is 3.92. The van der Waals surface area contributed by atoms with E-state index >= 15 is 0 Å². The Hall–Kier alpha value is -3.06. The van der Waals surface area contributed by atoms with Crippen LogP contribution in [0.5, 0.6) is 5.75 Å². The quantitative estimate of drug-likeness (QED) is 0.704. The van der Waals surface area contributed by atoms with Gasteiger partial charge in [0.05, 0.1) is 31.5 Å². The normalized spacial score (nSPS) is 14.3. The van der Waals surface area contributed by atoms with Crippen LogP contribution in [0.4, 0.5) is 0 Å². The van der Waals surface area contributed by atoms with Gasteiger partial charge in [-0.3, -0.25) is 5.41 Å². The number of aryl methyl sites for hydroxylation is 1. The number of nitrogens with one attached hydrogen (secondary N) is 1. The molecule has 0 bridgehead atoms. The molecule has 0 aliphatic carbocycles. The number of aliphatic hydroxyl groups is 1. The van der Waals surface area contributed by atoms with Crippen LogP contribution >= 0.6 is 11.3 Å². The minimum atomic E-state index is 0.199. The van der Waals surface area contributed by atoms with Gasteiger partial charge in [0.15, 0.2) is 0 Å². The lowest BCUT2D eigenvalue weighted by Crippen LogP contribution is -2.26. The van der Waals surface area contributed by atoms with E-state index in [1.165, 1.54) is 11.3 Å². The van der Waals surface area contributed by atoms with Crippen LogP contribution < -0.4 is 4.74 Å². The second-order valence-corrected chi connectivity index (χ2v) is 7.26. The van der Waals surface area contributed by atoms with Crippen LogP contribution in [0.15, 0.2) is 53.7 Å². The molecule has 3 aromatic rings. The van der Waals surface area contributed by atoms with E-state index in [4.69, 9.17) is 10.1 Å². The van der Waals surface area contributed by atoms with Gasteiger partial charge in [-0.1, -0.05) is 0 Å². The molecule has 1 aliphatic rings. The molecule has 2 aromatic heterocycles. The van der Waals surface area contributed by atoms with Gasteiger partial charge in [0.25, 0.3) is 0 Å². The number of hydrogen-bond acceptors (Lipinski definition) is 5. The molecule has 27 heavy (non-hydrogen) atoms. The van der Waals surface area contributed by atoms with Crippen LogP contribution in [0, 0.1) is 5.41 Å². The van der Waals surface area contributed by atoms with Gasteiger partial charge in [0.2, 0.25) is 0 Å². The summed E-state index contributed by atoms with van der Waals surface area (Å²) < 4.78 is 7.21. The van der Waals surface area contributed by atoms with Gasteiger partial charge < -0.3 is 19.3 Å². The Morgan fingerprint density at radius 1 is 1.26 bits per heavy atom. The molecule has 0 saturated carbocycles. The molecule has 2 N–H and O–H groups in total. The second kappa shape index (κ2) is 6.92. The van der Waals surface area contributed by atoms with Crippen LogP contribution in [0.25, 0.3) is 16.8 Å². The number of benzene rings is 1. The number of amidine groups is 1. The average molecular weight is 380 g/mol. The van der Waals surface area contributed by atoms with E-state index in [-0.39, 0.29) is 5.76 Å². The van der Waals surface area contributed by atoms with E-state index in [2.05, 4.69) is 4.98 Å². The van der Waals surface area contributed by atoms with E-state index in [9.17, 15) is 5.11 Å². The van der Waals surface area contributed by atoms with Crippen LogP contribution in [0.1, 0.15) is 10.7 Å². The van der Waals surface area contributed by atoms with Gasteiger partial charge in [-0.05, 0) is 36.4 Å². The standard InChI is InChI=1S/C20H20N4O2S/c1-23-9-3-4-14(23)10-24-11-17(25)18(19(24)21)20-22-16(12-27-20)13-5-7-15(26-2)8-6-13/h3-9,12,21,25H,10-11H2,1-2H3. The van der Waals surface area contributed by atoms with Crippen LogP contribution in [-0.2, 0) is 13.6 Å². The van der Waals surface area contributed by atoms with Crippen LogP contribution in [0.2, 0.25) is 0 Å². The summed E-state index contributed by atoms with van der Waals surface area (Å²) in [5.41, 5.74) is 3.41. The van der Waals surface area contributed by atoms with Crippen molar-refractivity contribution in [2.24, 2.45) is 7.05 Å². The van der Waals surface area contributed by atoms with Crippen molar-refractivity contribution < 1.29 is 9.84 Å². The maximum atomic E-state index is 10.5. The zero-order chi connectivity index (χ0) is 19.0. The number of thiazole rings is 1. The summed E-state index contributed by atoms with van der Waals surface area (Å²) in [6.07, 6.45) is 1.98. The Labute approximate surface area is 161 Å². The second-order valence-electron chi connectivity index (χ2n) is 6.40. The van der Waals surface area contributed by atoms with Crippen molar-refractivity contribution in [3.63, 3.8) is 0 Å². The van der Waals surface area contributed by atoms with E-state index in [1.807, 2.05) is 64.5 Å². The monoisotopic (exact) mass is 380 g/mol. The molecule has 7 heteroatoms. The molecule has 0 atom stereocenters. The minimum absolute atomic E-state index is 0.199. The molecule has 1 aromatic carbocycles. The third-order valence-corrected chi connectivity index (χ3v) is 5.55. The van der Waals surface area contributed by atoms with Crippen molar-refractivity contribution in [1.29, 1.82) is 5.41 Å². The SMILES string of the molecule is COc1ccc(-c2csc(C3=C(O)CN(Cc4cccn4C)C3=N)n2)cc1. The molecule has 6 nitrogen and oxygen atoms in total. The third-order valence-electron chi connectivity index (χ3n) is 4.69. The van der Waals surface area contributed by atoms with Crippen molar-refractivity contribution >= 4 is 22.7 Å². The lowest BCUT2D eigenvalue weighted by molar-refractivity contribution is 0.343. The fraction of sp³-hybridized carbons (Fsp3) is 0.200. The number of methoxy groups -OCH3 is 1. The highest BCUT2D eigenvalue weighted by molar-refractivity contribution is 7.11. The summed E-state index contributed by atoms with van der Waals surface area (Å²) in [6.45, 7) is 0.906. The van der Waals surface area contributed by atoms with E-state index < -0.39 is 0 Å². The topological polar surface area (TPSA) is 74.4 Å². The molecular formula is C20H20N4O2S. The Morgan fingerprint density at radius 3 is 2.70 bits per heavy atom. The van der Waals surface area contributed by atoms with Crippen LogP contribution in [0.3, 0.4) is 0 Å². The predicted molar refractivity (Wildman–Crippen MR) is 107 cm³/mol. The maximum Gasteiger partial charge on any atom is 0.135 e. The van der Waals surface area contributed by atoms with Gasteiger partial charge in [-0.25, -0.2) is 4.98 Å². The molecule has 0 radical (unpaired) electrons. The number of rotatable bonds is 5. The maximum absolute atomic E-state index is 10.5. The molecule has 0 saturated heterocycles. The highest BCUT2D eigenvalue weighted by atomic mass is 32.1. The van der Waals surface area contributed by atoms with Crippen LogP contribution in [-0.4, -0.2) is 39.0 Å². The number of hydrogen-bond donors (Lipinski definition) is 2. The first-order valence-electron chi connectivity index (χ1n) is 8.53. The Balaban J connectivity index is 1.56. The van der Waals surface area contributed by atoms with Gasteiger partial charge in [-0.15, -0.1) is 11.3 Å². The lowest BCUT2D eigenvalue weighted by Gasteiger charge is -2.18. The lowest BCUT2D eigenvalue weighted by atomic mass is 10.1. The van der Waals surface area contributed by atoms with Crippen molar-refractivity contribution in [3.05, 3.63) is 64.4 Å². The molecule has 4 rings (SSSR count). The van der Waals surface area contributed by atoms with E-state index in [0.717, 1.165) is 22.7 Å². The molecule has 1 aliphatic heterocycles. The first kappa shape index (κ1) is 17.4. The molecule has 0 amide bonds. The van der Waals surface area contributed by atoms with Crippen molar-refractivity contribution in [3.8, 4) is 17.0 Å². The molecule has 138 valence electrons. The highest BCUT2D eigenvalue weighted by Crippen LogP contribution is 2.33. The fourth-order valence-electron chi connectivity index (χ4n) is 3.13. The Kier molecular flexibility index (Phi) is 4.45. The summed E-state index contributed by atoms with van der Waals surface area (Å²) in [5.74, 6) is 1.30. The summed E-state index contributed by atoms with van der Waals surface area (Å²) in [4.78, 5) is 6.51.